The topological polar surface area (TPSA) is 30.7 Å². The van der Waals surface area contributed by atoms with Gasteiger partial charge in [0.1, 0.15) is 0 Å². The first kappa shape index (κ1) is 17.1. The maximum atomic E-state index is 6.02. The third kappa shape index (κ3) is 3.82. The fraction of sp³-hybridized carbons (Fsp3) is 0.263. The van der Waals surface area contributed by atoms with Gasteiger partial charge >= 0.3 is 0 Å². The fourth-order valence-corrected chi connectivity index (χ4v) is 3.54. The molecular formula is C19H20ClN3S. The highest BCUT2D eigenvalue weighted by atomic mass is 35.5. The van der Waals surface area contributed by atoms with Crippen LogP contribution in [0, 0.1) is 6.92 Å². The van der Waals surface area contributed by atoms with Gasteiger partial charge in [0, 0.05) is 22.0 Å². The minimum Gasteiger partial charge on any atom is -0.270 e. The molecule has 0 saturated heterocycles. The highest BCUT2D eigenvalue weighted by molar-refractivity contribution is 7.99. The Bertz CT molecular complexity index is 794. The van der Waals surface area contributed by atoms with Crippen molar-refractivity contribution in [2.75, 3.05) is 5.75 Å². The summed E-state index contributed by atoms with van der Waals surface area (Å²) in [6, 6.07) is 16.2. The molecule has 3 nitrogen and oxygen atoms in total. The predicted molar refractivity (Wildman–Crippen MR) is 102 cm³/mol. The molecule has 0 bridgehead atoms. The Hall–Kier alpha value is -1.78. The molecule has 1 aromatic heterocycles. The first-order valence-electron chi connectivity index (χ1n) is 8.10. The Kier molecular flexibility index (Phi) is 5.59. The van der Waals surface area contributed by atoms with E-state index in [-0.39, 0.29) is 0 Å². The summed E-state index contributed by atoms with van der Waals surface area (Å²) >= 11 is 7.77. The number of thioether (sulfide) groups is 1. The van der Waals surface area contributed by atoms with Crippen molar-refractivity contribution in [1.29, 1.82) is 0 Å². The van der Waals surface area contributed by atoms with E-state index in [1.54, 1.807) is 11.8 Å². The molecule has 1 heterocycles. The number of aryl methyl sites for hydroxylation is 1. The van der Waals surface area contributed by atoms with Gasteiger partial charge in [-0.3, -0.25) is 4.57 Å². The maximum absolute atomic E-state index is 6.02. The number of benzene rings is 2. The standard InChI is InChI=1S/C19H20ClN3S/c1-3-4-13-24-19-22-21-18(15-7-9-16(20)10-8-15)23(19)17-11-5-14(2)6-12-17/h5-12H,3-4,13H2,1-2H3. The zero-order chi connectivity index (χ0) is 16.9. The molecule has 0 aliphatic heterocycles. The quantitative estimate of drug-likeness (QED) is 0.413. The second-order valence-electron chi connectivity index (χ2n) is 5.69. The van der Waals surface area contributed by atoms with Crippen molar-refractivity contribution < 1.29 is 0 Å². The second-order valence-corrected chi connectivity index (χ2v) is 7.18. The van der Waals surface area contributed by atoms with E-state index >= 15 is 0 Å². The van der Waals surface area contributed by atoms with Crippen LogP contribution in [0.25, 0.3) is 17.1 Å². The van der Waals surface area contributed by atoms with Crippen molar-refractivity contribution in [3.8, 4) is 17.1 Å². The largest absolute Gasteiger partial charge is 0.270 e. The summed E-state index contributed by atoms with van der Waals surface area (Å²) in [7, 11) is 0. The second kappa shape index (κ2) is 7.86. The Morgan fingerprint density at radius 2 is 1.71 bits per heavy atom. The highest BCUT2D eigenvalue weighted by Gasteiger charge is 2.15. The summed E-state index contributed by atoms with van der Waals surface area (Å²) < 4.78 is 2.13. The van der Waals surface area contributed by atoms with Gasteiger partial charge in [-0.15, -0.1) is 10.2 Å². The van der Waals surface area contributed by atoms with Crippen molar-refractivity contribution >= 4 is 23.4 Å². The molecule has 3 aromatic rings. The van der Waals surface area contributed by atoms with Crippen LogP contribution in [0.15, 0.2) is 53.7 Å². The van der Waals surface area contributed by atoms with Crippen LogP contribution in [-0.4, -0.2) is 20.5 Å². The zero-order valence-corrected chi connectivity index (χ0v) is 15.4. The first-order chi connectivity index (χ1) is 11.7. The third-order valence-corrected chi connectivity index (χ3v) is 5.02. The summed E-state index contributed by atoms with van der Waals surface area (Å²) in [5.41, 5.74) is 3.32. The minimum absolute atomic E-state index is 0.720. The molecule has 0 N–H and O–H groups in total. The lowest BCUT2D eigenvalue weighted by molar-refractivity contribution is 0.865. The minimum atomic E-state index is 0.720. The summed E-state index contributed by atoms with van der Waals surface area (Å²) in [6.45, 7) is 4.29. The van der Waals surface area contributed by atoms with E-state index in [1.165, 1.54) is 18.4 Å². The number of hydrogen-bond acceptors (Lipinski definition) is 3. The highest BCUT2D eigenvalue weighted by Crippen LogP contribution is 2.29. The Morgan fingerprint density at radius 1 is 1.00 bits per heavy atom. The van der Waals surface area contributed by atoms with Crippen LogP contribution in [-0.2, 0) is 0 Å². The zero-order valence-electron chi connectivity index (χ0n) is 13.9. The van der Waals surface area contributed by atoms with Crippen molar-refractivity contribution in [3.63, 3.8) is 0 Å². The van der Waals surface area contributed by atoms with Crippen LogP contribution in [0.2, 0.25) is 5.02 Å². The number of rotatable bonds is 6. The van der Waals surface area contributed by atoms with E-state index < -0.39 is 0 Å². The summed E-state index contributed by atoms with van der Waals surface area (Å²) in [6.07, 6.45) is 2.34. The van der Waals surface area contributed by atoms with E-state index in [2.05, 4.69) is 52.9 Å². The molecule has 124 valence electrons. The van der Waals surface area contributed by atoms with E-state index in [0.29, 0.717) is 0 Å². The van der Waals surface area contributed by atoms with Gasteiger partial charge < -0.3 is 0 Å². The monoisotopic (exact) mass is 357 g/mol. The number of unbranched alkanes of at least 4 members (excludes halogenated alkanes) is 1. The Balaban J connectivity index is 2.05. The van der Waals surface area contributed by atoms with Crippen molar-refractivity contribution in [3.05, 3.63) is 59.1 Å². The van der Waals surface area contributed by atoms with Crippen LogP contribution in [0.5, 0.6) is 0 Å². The van der Waals surface area contributed by atoms with Crippen LogP contribution in [0.3, 0.4) is 0 Å². The van der Waals surface area contributed by atoms with Gasteiger partial charge in [0.2, 0.25) is 0 Å². The van der Waals surface area contributed by atoms with Crippen LogP contribution in [0.1, 0.15) is 25.3 Å². The van der Waals surface area contributed by atoms with Crippen molar-refractivity contribution in [2.45, 2.75) is 31.8 Å². The average Bonchev–Trinajstić information content (AvgIpc) is 3.00. The fourth-order valence-electron chi connectivity index (χ4n) is 2.38. The smallest absolute Gasteiger partial charge is 0.196 e. The van der Waals surface area contributed by atoms with Gasteiger partial charge in [-0.2, -0.15) is 0 Å². The van der Waals surface area contributed by atoms with Gasteiger partial charge in [-0.1, -0.05) is 54.4 Å². The van der Waals surface area contributed by atoms with E-state index in [4.69, 9.17) is 11.6 Å². The lowest BCUT2D eigenvalue weighted by Gasteiger charge is -2.10. The van der Waals surface area contributed by atoms with E-state index in [9.17, 15) is 0 Å². The lowest BCUT2D eigenvalue weighted by Crippen LogP contribution is -2.00. The number of halogens is 1. The molecule has 0 spiro atoms. The number of aromatic nitrogens is 3. The molecule has 0 amide bonds. The molecule has 0 atom stereocenters. The molecule has 0 saturated carbocycles. The molecule has 24 heavy (non-hydrogen) atoms. The summed E-state index contributed by atoms with van der Waals surface area (Å²) in [5, 5.41) is 10.5. The van der Waals surface area contributed by atoms with Gasteiger partial charge in [-0.25, -0.2) is 0 Å². The van der Waals surface area contributed by atoms with Gasteiger partial charge in [0.15, 0.2) is 11.0 Å². The number of nitrogens with zero attached hydrogens (tertiary/aromatic N) is 3. The normalized spacial score (nSPS) is 11.0. The molecule has 0 aliphatic carbocycles. The summed E-state index contributed by atoms with van der Waals surface area (Å²) in [5.74, 6) is 1.88. The molecule has 5 heteroatoms. The predicted octanol–water partition coefficient (Wildman–Crippen LogP) is 5.79. The molecule has 0 fully saturated rings. The third-order valence-electron chi connectivity index (χ3n) is 3.76. The van der Waals surface area contributed by atoms with Crippen molar-refractivity contribution in [2.24, 2.45) is 0 Å². The Labute approximate surface area is 152 Å². The molecular weight excluding hydrogens is 338 g/mol. The molecule has 0 unspecified atom stereocenters. The maximum Gasteiger partial charge on any atom is 0.196 e. The van der Waals surface area contributed by atoms with Crippen molar-refractivity contribution in [1.82, 2.24) is 14.8 Å². The number of hydrogen-bond donors (Lipinski definition) is 0. The van der Waals surface area contributed by atoms with Crippen LogP contribution in [0.4, 0.5) is 0 Å². The Morgan fingerprint density at radius 3 is 2.38 bits per heavy atom. The van der Waals surface area contributed by atoms with Crippen LogP contribution >= 0.6 is 23.4 Å². The van der Waals surface area contributed by atoms with Gasteiger partial charge in [0.25, 0.3) is 0 Å². The van der Waals surface area contributed by atoms with E-state index in [1.807, 2.05) is 24.3 Å². The van der Waals surface area contributed by atoms with Crippen LogP contribution < -0.4 is 0 Å². The first-order valence-corrected chi connectivity index (χ1v) is 9.46. The molecule has 0 radical (unpaired) electrons. The summed E-state index contributed by atoms with van der Waals surface area (Å²) in [4.78, 5) is 0. The average molecular weight is 358 g/mol. The molecule has 0 aliphatic rings. The van der Waals surface area contributed by atoms with Gasteiger partial charge in [-0.05, 0) is 49.7 Å². The SMILES string of the molecule is CCCCSc1nnc(-c2ccc(Cl)cc2)n1-c1ccc(C)cc1. The van der Waals surface area contributed by atoms with E-state index in [0.717, 1.165) is 33.0 Å². The molecule has 3 rings (SSSR count). The molecule has 2 aromatic carbocycles. The lowest BCUT2D eigenvalue weighted by atomic mass is 10.2. The van der Waals surface area contributed by atoms with Gasteiger partial charge in [0.05, 0.1) is 0 Å².